The molecule has 0 aliphatic rings. The molecule has 20 heavy (non-hydrogen) atoms. The molecule has 1 amide bonds. The number of unbranched alkanes of at least 4 members (excludes halogenated alkanes) is 4. The Bertz CT molecular complexity index is 408. The number of nitrogens with zero attached hydrogens (tertiary/aromatic N) is 1. The third-order valence-corrected chi connectivity index (χ3v) is 4.08. The fourth-order valence-corrected chi connectivity index (χ4v) is 1.89. The van der Waals surface area contributed by atoms with E-state index in [0.717, 1.165) is 36.2 Å². The minimum atomic E-state index is -3.33. The van der Waals surface area contributed by atoms with Gasteiger partial charge in [0.15, 0.2) is 0 Å². The maximum absolute atomic E-state index is 11.4. The van der Waals surface area contributed by atoms with Gasteiger partial charge in [0.05, 0.1) is 12.8 Å². The van der Waals surface area contributed by atoms with Gasteiger partial charge in [-0.05, 0) is 12.8 Å². The summed E-state index contributed by atoms with van der Waals surface area (Å²) in [5.41, 5.74) is 0. The molecule has 8 heteroatoms. The third kappa shape index (κ3) is 10.7. The average Bonchev–Trinajstić information content (AvgIpc) is 2.30. The monoisotopic (exact) mass is 308 g/mol. The average molecular weight is 308 g/mol. The van der Waals surface area contributed by atoms with Gasteiger partial charge in [0, 0.05) is 20.0 Å². The zero-order valence-electron chi connectivity index (χ0n) is 12.1. The highest BCUT2D eigenvalue weighted by molar-refractivity contribution is 7.88. The molecule has 0 aliphatic carbocycles. The molecule has 0 saturated heterocycles. The van der Waals surface area contributed by atoms with Crippen LogP contribution in [0.25, 0.3) is 0 Å². The number of nitrogens with one attached hydrogen (secondary N) is 1. The molecule has 2 N–H and O–H groups in total. The highest BCUT2D eigenvalue weighted by Gasteiger charge is 2.14. The lowest BCUT2D eigenvalue weighted by molar-refractivity contribution is -0.137. The zero-order valence-corrected chi connectivity index (χ0v) is 12.9. The summed E-state index contributed by atoms with van der Waals surface area (Å²) in [6.07, 6.45) is 5.47. The third-order valence-electron chi connectivity index (χ3n) is 2.82. The maximum Gasteiger partial charge on any atom is 0.303 e. The van der Waals surface area contributed by atoms with Gasteiger partial charge < -0.3 is 10.4 Å². The minimum Gasteiger partial charge on any atom is -0.481 e. The number of sulfonamides is 1. The van der Waals surface area contributed by atoms with E-state index in [4.69, 9.17) is 5.11 Å². The van der Waals surface area contributed by atoms with E-state index in [1.165, 1.54) is 7.05 Å². The Labute approximate surface area is 120 Å². The molecule has 0 aliphatic heterocycles. The van der Waals surface area contributed by atoms with E-state index < -0.39 is 16.0 Å². The van der Waals surface area contributed by atoms with Gasteiger partial charge >= 0.3 is 5.97 Å². The fourth-order valence-electron chi connectivity index (χ4n) is 1.53. The zero-order chi connectivity index (χ0) is 15.6. The standard InChI is InChI=1S/C12H24N2O5S/c1-14(20(2,18)19)10-11(15)13-9-7-5-3-4-6-8-12(16)17/h3-10H2,1-2H3,(H,13,15)(H,16,17). The first-order valence-electron chi connectivity index (χ1n) is 6.63. The molecule has 0 radical (unpaired) electrons. The van der Waals surface area contributed by atoms with Crippen LogP contribution in [0.2, 0.25) is 0 Å². The van der Waals surface area contributed by atoms with Crippen molar-refractivity contribution >= 4 is 21.9 Å². The second kappa shape index (κ2) is 9.71. The summed E-state index contributed by atoms with van der Waals surface area (Å²) in [5.74, 6) is -1.09. The molecule has 0 rings (SSSR count). The molecular formula is C12H24N2O5S. The van der Waals surface area contributed by atoms with Gasteiger partial charge in [0.25, 0.3) is 0 Å². The van der Waals surface area contributed by atoms with Crippen molar-refractivity contribution in [1.82, 2.24) is 9.62 Å². The predicted molar refractivity (Wildman–Crippen MR) is 75.8 cm³/mol. The van der Waals surface area contributed by atoms with Crippen molar-refractivity contribution in [3.63, 3.8) is 0 Å². The number of carboxylic acids is 1. The first-order chi connectivity index (χ1) is 9.23. The highest BCUT2D eigenvalue weighted by Crippen LogP contribution is 2.04. The lowest BCUT2D eigenvalue weighted by Gasteiger charge is -2.13. The van der Waals surface area contributed by atoms with Crippen molar-refractivity contribution in [3.8, 4) is 0 Å². The van der Waals surface area contributed by atoms with Crippen LogP contribution in [-0.2, 0) is 19.6 Å². The summed E-state index contributed by atoms with van der Waals surface area (Å²) >= 11 is 0. The molecule has 0 aromatic carbocycles. The lowest BCUT2D eigenvalue weighted by atomic mass is 10.1. The number of aliphatic carboxylic acids is 1. The number of carbonyl (C=O) groups is 2. The van der Waals surface area contributed by atoms with Crippen LogP contribution in [0.1, 0.15) is 38.5 Å². The Balaban J connectivity index is 3.51. The number of hydrogen-bond acceptors (Lipinski definition) is 4. The number of likely N-dealkylation sites (N-methyl/N-ethyl adjacent to an activating group) is 1. The van der Waals surface area contributed by atoms with Crippen molar-refractivity contribution in [2.24, 2.45) is 0 Å². The summed E-state index contributed by atoms with van der Waals surface area (Å²) in [6, 6.07) is 0. The summed E-state index contributed by atoms with van der Waals surface area (Å²) in [7, 11) is -1.97. The quantitative estimate of drug-likeness (QED) is 0.538. The summed E-state index contributed by atoms with van der Waals surface area (Å²) in [4.78, 5) is 21.7. The fraction of sp³-hybridized carbons (Fsp3) is 0.833. The summed E-state index contributed by atoms with van der Waals surface area (Å²) in [5, 5.41) is 11.1. The van der Waals surface area contributed by atoms with Gasteiger partial charge in [-0.3, -0.25) is 9.59 Å². The van der Waals surface area contributed by atoms with E-state index in [0.29, 0.717) is 13.0 Å². The van der Waals surface area contributed by atoms with Gasteiger partial charge in [-0.15, -0.1) is 0 Å². The maximum atomic E-state index is 11.4. The van der Waals surface area contributed by atoms with E-state index in [9.17, 15) is 18.0 Å². The van der Waals surface area contributed by atoms with E-state index in [2.05, 4.69) is 5.32 Å². The van der Waals surface area contributed by atoms with E-state index in [1.54, 1.807) is 0 Å². The molecule has 118 valence electrons. The largest absolute Gasteiger partial charge is 0.481 e. The Kier molecular flexibility index (Phi) is 9.15. The van der Waals surface area contributed by atoms with Crippen LogP contribution in [0, 0.1) is 0 Å². The van der Waals surface area contributed by atoms with Crippen molar-refractivity contribution in [2.45, 2.75) is 38.5 Å². The van der Waals surface area contributed by atoms with Crippen molar-refractivity contribution in [2.75, 3.05) is 26.4 Å². The van der Waals surface area contributed by atoms with Gasteiger partial charge in [-0.25, -0.2) is 8.42 Å². The van der Waals surface area contributed by atoms with Crippen LogP contribution in [-0.4, -0.2) is 56.1 Å². The van der Waals surface area contributed by atoms with Gasteiger partial charge in [-0.2, -0.15) is 4.31 Å². The van der Waals surface area contributed by atoms with E-state index in [1.807, 2.05) is 0 Å². The Morgan fingerprint density at radius 3 is 2.20 bits per heavy atom. The van der Waals surface area contributed by atoms with Gasteiger partial charge in [0.1, 0.15) is 0 Å². The lowest BCUT2D eigenvalue weighted by Crippen LogP contribution is -2.38. The number of carboxylic acid groups (broad SMARTS) is 1. The molecule has 0 saturated carbocycles. The minimum absolute atomic E-state index is 0.169. The van der Waals surface area contributed by atoms with Gasteiger partial charge in [-0.1, -0.05) is 19.3 Å². The molecule has 0 heterocycles. The van der Waals surface area contributed by atoms with Crippen molar-refractivity contribution in [1.29, 1.82) is 0 Å². The van der Waals surface area contributed by atoms with Crippen LogP contribution in [0.4, 0.5) is 0 Å². The normalized spacial score (nSPS) is 11.6. The molecule has 7 nitrogen and oxygen atoms in total. The van der Waals surface area contributed by atoms with Crippen LogP contribution < -0.4 is 5.32 Å². The molecular weight excluding hydrogens is 284 g/mol. The number of hydrogen-bond donors (Lipinski definition) is 2. The van der Waals surface area contributed by atoms with E-state index in [-0.39, 0.29) is 18.9 Å². The van der Waals surface area contributed by atoms with Crippen LogP contribution >= 0.6 is 0 Å². The van der Waals surface area contributed by atoms with Crippen LogP contribution in [0.15, 0.2) is 0 Å². The highest BCUT2D eigenvalue weighted by atomic mass is 32.2. The number of amides is 1. The number of rotatable bonds is 11. The van der Waals surface area contributed by atoms with Gasteiger partial charge in [0.2, 0.25) is 15.9 Å². The number of carbonyl (C=O) groups excluding carboxylic acids is 1. The Hall–Kier alpha value is -1.15. The first kappa shape index (κ1) is 18.9. The van der Waals surface area contributed by atoms with Crippen LogP contribution in [0.3, 0.4) is 0 Å². The molecule has 0 fully saturated rings. The first-order valence-corrected chi connectivity index (χ1v) is 8.48. The van der Waals surface area contributed by atoms with Crippen molar-refractivity contribution in [3.05, 3.63) is 0 Å². The SMILES string of the molecule is CN(CC(=O)NCCCCCCCC(=O)O)S(C)(=O)=O. The summed E-state index contributed by atoms with van der Waals surface area (Å²) in [6.45, 7) is 0.340. The Morgan fingerprint density at radius 2 is 1.65 bits per heavy atom. The topological polar surface area (TPSA) is 104 Å². The molecule has 0 aromatic heterocycles. The smallest absolute Gasteiger partial charge is 0.303 e. The molecule has 0 spiro atoms. The van der Waals surface area contributed by atoms with E-state index >= 15 is 0 Å². The molecule has 0 unspecified atom stereocenters. The van der Waals surface area contributed by atoms with Crippen LogP contribution in [0.5, 0.6) is 0 Å². The molecule has 0 aromatic rings. The molecule has 0 bridgehead atoms. The Morgan fingerprint density at radius 1 is 1.10 bits per heavy atom. The molecule has 0 atom stereocenters. The predicted octanol–water partition coefficient (Wildman–Crippen LogP) is 0.419. The second-order valence-corrected chi connectivity index (χ2v) is 6.87. The van der Waals surface area contributed by atoms with Crippen molar-refractivity contribution < 1.29 is 23.1 Å². The summed E-state index contributed by atoms with van der Waals surface area (Å²) < 4.78 is 23.2. The second-order valence-electron chi connectivity index (χ2n) is 4.78.